The molecule has 2 rings (SSSR count). The number of aromatic nitrogens is 1. The minimum Gasteiger partial charge on any atom is -0.311 e. The summed E-state index contributed by atoms with van der Waals surface area (Å²) >= 11 is 6.22. The van der Waals surface area contributed by atoms with E-state index in [4.69, 9.17) is 11.6 Å². The number of hydrogen-bond acceptors (Lipinski definition) is 2. The Morgan fingerprint density at radius 3 is 2.47 bits per heavy atom. The second kappa shape index (κ2) is 6.18. The Morgan fingerprint density at radius 1 is 1.21 bits per heavy atom. The lowest BCUT2D eigenvalue weighted by Crippen LogP contribution is -2.20. The summed E-state index contributed by atoms with van der Waals surface area (Å²) in [5.41, 5.74) is 4.79. The molecule has 2 aromatic rings. The summed E-state index contributed by atoms with van der Waals surface area (Å²) in [7, 11) is 1.94. The fraction of sp³-hybridized carbons (Fsp3) is 0.312. The maximum absolute atomic E-state index is 6.22. The maximum Gasteiger partial charge on any atom is 0.0762 e. The molecular formula is C16H19ClN2. The van der Waals surface area contributed by atoms with Crippen molar-refractivity contribution in [3.05, 3.63) is 63.9 Å². The largest absolute Gasteiger partial charge is 0.311 e. The molecule has 0 amide bonds. The number of benzene rings is 1. The van der Waals surface area contributed by atoms with Crippen molar-refractivity contribution in [3.63, 3.8) is 0 Å². The molecule has 19 heavy (non-hydrogen) atoms. The van der Waals surface area contributed by atoms with Crippen LogP contribution in [0.15, 0.2) is 36.5 Å². The van der Waals surface area contributed by atoms with Gasteiger partial charge < -0.3 is 5.32 Å². The third-order valence-electron chi connectivity index (χ3n) is 3.19. The van der Waals surface area contributed by atoms with Gasteiger partial charge in [-0.2, -0.15) is 0 Å². The van der Waals surface area contributed by atoms with Crippen molar-refractivity contribution in [1.82, 2.24) is 10.3 Å². The van der Waals surface area contributed by atoms with Gasteiger partial charge in [-0.1, -0.05) is 40.9 Å². The van der Waals surface area contributed by atoms with Gasteiger partial charge >= 0.3 is 0 Å². The molecule has 0 bridgehead atoms. The van der Waals surface area contributed by atoms with Gasteiger partial charge in [0.05, 0.1) is 16.8 Å². The van der Waals surface area contributed by atoms with Crippen LogP contribution in [0.3, 0.4) is 0 Å². The molecule has 1 heterocycles. The van der Waals surface area contributed by atoms with Crippen LogP contribution in [-0.2, 0) is 6.42 Å². The van der Waals surface area contributed by atoms with Gasteiger partial charge in [-0.3, -0.25) is 4.98 Å². The van der Waals surface area contributed by atoms with E-state index >= 15 is 0 Å². The summed E-state index contributed by atoms with van der Waals surface area (Å²) in [6, 6.07) is 10.5. The van der Waals surface area contributed by atoms with E-state index < -0.39 is 0 Å². The van der Waals surface area contributed by atoms with Crippen molar-refractivity contribution in [2.45, 2.75) is 26.3 Å². The van der Waals surface area contributed by atoms with Crippen LogP contribution in [0.25, 0.3) is 0 Å². The lowest BCUT2D eigenvalue weighted by molar-refractivity contribution is 0.576. The predicted octanol–water partition coefficient (Wildman–Crippen LogP) is 3.86. The van der Waals surface area contributed by atoms with Crippen LogP contribution in [0.5, 0.6) is 0 Å². The molecule has 0 radical (unpaired) electrons. The summed E-state index contributed by atoms with van der Waals surface area (Å²) in [6.45, 7) is 4.25. The number of hydrogen-bond donors (Lipinski definition) is 1. The maximum atomic E-state index is 6.22. The highest BCUT2D eigenvalue weighted by molar-refractivity contribution is 6.31. The van der Waals surface area contributed by atoms with Crippen molar-refractivity contribution in [2.24, 2.45) is 0 Å². The molecule has 0 aliphatic rings. The van der Waals surface area contributed by atoms with Gasteiger partial charge in [-0.15, -0.1) is 0 Å². The molecule has 1 aromatic heterocycles. The Hall–Kier alpha value is -1.38. The van der Waals surface area contributed by atoms with E-state index in [-0.39, 0.29) is 6.04 Å². The van der Waals surface area contributed by atoms with Crippen LogP contribution >= 0.6 is 11.6 Å². The molecule has 1 aromatic carbocycles. The van der Waals surface area contributed by atoms with Gasteiger partial charge in [0, 0.05) is 6.20 Å². The van der Waals surface area contributed by atoms with Crippen molar-refractivity contribution < 1.29 is 0 Å². The third-order valence-corrected chi connectivity index (χ3v) is 3.51. The first-order valence-electron chi connectivity index (χ1n) is 6.45. The van der Waals surface area contributed by atoms with Gasteiger partial charge in [0.2, 0.25) is 0 Å². The Balaban J connectivity index is 2.26. The first kappa shape index (κ1) is 14.0. The van der Waals surface area contributed by atoms with Crippen molar-refractivity contribution in [2.75, 3.05) is 7.05 Å². The molecular weight excluding hydrogens is 256 g/mol. The first-order chi connectivity index (χ1) is 9.10. The Morgan fingerprint density at radius 2 is 1.89 bits per heavy atom. The minimum atomic E-state index is 0.134. The van der Waals surface area contributed by atoms with Crippen molar-refractivity contribution in [3.8, 4) is 0 Å². The van der Waals surface area contributed by atoms with Crippen LogP contribution in [0.4, 0.5) is 0 Å². The van der Waals surface area contributed by atoms with E-state index in [1.807, 2.05) is 19.2 Å². The number of halogens is 1. The summed E-state index contributed by atoms with van der Waals surface area (Å²) < 4.78 is 0. The van der Waals surface area contributed by atoms with Gasteiger partial charge in [-0.05, 0) is 45.0 Å². The highest BCUT2D eigenvalue weighted by Crippen LogP contribution is 2.24. The van der Waals surface area contributed by atoms with Crippen LogP contribution in [0.1, 0.15) is 28.4 Å². The molecule has 100 valence electrons. The summed E-state index contributed by atoms with van der Waals surface area (Å²) in [4.78, 5) is 4.40. The molecule has 0 fully saturated rings. The highest BCUT2D eigenvalue weighted by atomic mass is 35.5. The van der Waals surface area contributed by atoms with E-state index in [0.29, 0.717) is 5.02 Å². The Bertz CT molecular complexity index is 546. The average molecular weight is 275 g/mol. The van der Waals surface area contributed by atoms with E-state index in [9.17, 15) is 0 Å². The zero-order chi connectivity index (χ0) is 13.8. The van der Waals surface area contributed by atoms with E-state index in [0.717, 1.165) is 12.1 Å². The predicted molar refractivity (Wildman–Crippen MR) is 80.7 cm³/mol. The first-order valence-corrected chi connectivity index (χ1v) is 6.83. The summed E-state index contributed by atoms with van der Waals surface area (Å²) in [5.74, 6) is 0. The minimum absolute atomic E-state index is 0.134. The summed E-state index contributed by atoms with van der Waals surface area (Å²) in [5, 5.41) is 4.01. The van der Waals surface area contributed by atoms with Crippen LogP contribution < -0.4 is 5.32 Å². The fourth-order valence-electron chi connectivity index (χ4n) is 2.41. The normalized spacial score (nSPS) is 12.4. The second-order valence-electron chi connectivity index (χ2n) is 4.91. The van der Waals surface area contributed by atoms with Gasteiger partial charge in [0.15, 0.2) is 0 Å². The molecule has 0 spiro atoms. The zero-order valence-corrected chi connectivity index (χ0v) is 12.3. The molecule has 1 unspecified atom stereocenters. The van der Waals surface area contributed by atoms with E-state index in [1.165, 1.54) is 16.7 Å². The van der Waals surface area contributed by atoms with Crippen molar-refractivity contribution >= 4 is 11.6 Å². The average Bonchev–Trinajstić information content (AvgIpc) is 2.36. The SMILES string of the molecule is CNC(Cc1cc(C)cc(C)c1)c1ncccc1Cl. The van der Waals surface area contributed by atoms with Crippen LogP contribution in [-0.4, -0.2) is 12.0 Å². The molecule has 0 saturated heterocycles. The third kappa shape index (κ3) is 3.55. The van der Waals surface area contributed by atoms with Crippen LogP contribution in [0, 0.1) is 13.8 Å². The lowest BCUT2D eigenvalue weighted by atomic mass is 9.99. The quantitative estimate of drug-likeness (QED) is 0.916. The number of rotatable bonds is 4. The molecule has 0 aliphatic heterocycles. The number of pyridine rings is 1. The summed E-state index contributed by atoms with van der Waals surface area (Å²) in [6.07, 6.45) is 2.67. The van der Waals surface area contributed by atoms with Crippen LogP contribution in [0.2, 0.25) is 5.02 Å². The van der Waals surface area contributed by atoms with E-state index in [2.05, 4.69) is 42.3 Å². The number of nitrogens with one attached hydrogen (secondary N) is 1. The van der Waals surface area contributed by atoms with Crippen molar-refractivity contribution in [1.29, 1.82) is 0 Å². The van der Waals surface area contributed by atoms with Gasteiger partial charge in [-0.25, -0.2) is 0 Å². The van der Waals surface area contributed by atoms with E-state index in [1.54, 1.807) is 6.20 Å². The van der Waals surface area contributed by atoms with Gasteiger partial charge in [0.1, 0.15) is 0 Å². The monoisotopic (exact) mass is 274 g/mol. The number of nitrogens with zero attached hydrogens (tertiary/aromatic N) is 1. The standard InChI is InChI=1S/C16H19ClN2/c1-11-7-12(2)9-13(8-11)10-15(18-3)16-14(17)5-4-6-19-16/h4-9,15,18H,10H2,1-3H3. The molecule has 0 saturated carbocycles. The topological polar surface area (TPSA) is 24.9 Å². The molecule has 1 atom stereocenters. The lowest BCUT2D eigenvalue weighted by Gasteiger charge is -2.17. The highest BCUT2D eigenvalue weighted by Gasteiger charge is 2.15. The molecule has 2 nitrogen and oxygen atoms in total. The van der Waals surface area contributed by atoms with Gasteiger partial charge in [0.25, 0.3) is 0 Å². The fourth-order valence-corrected chi connectivity index (χ4v) is 2.67. The molecule has 3 heteroatoms. The number of likely N-dealkylation sites (N-methyl/N-ethyl adjacent to an activating group) is 1. The zero-order valence-electron chi connectivity index (χ0n) is 11.6. The molecule has 0 aliphatic carbocycles. The number of aryl methyl sites for hydroxylation is 2. The Labute approximate surface area is 119 Å². The molecule has 1 N–H and O–H groups in total. The smallest absolute Gasteiger partial charge is 0.0762 e. The Kier molecular flexibility index (Phi) is 4.56. The second-order valence-corrected chi connectivity index (χ2v) is 5.32.